The fourth-order valence-electron chi connectivity index (χ4n) is 1.69. The summed E-state index contributed by atoms with van der Waals surface area (Å²) in [6.45, 7) is -0.259. The quantitative estimate of drug-likeness (QED) is 0.865. The molecular formula is C12H10F4N2O2. The predicted octanol–water partition coefficient (Wildman–Crippen LogP) is 1.95. The highest BCUT2D eigenvalue weighted by Crippen LogP contribution is 2.25. The van der Waals surface area contributed by atoms with Gasteiger partial charge in [-0.05, 0) is 18.2 Å². The van der Waals surface area contributed by atoms with Gasteiger partial charge in [0.25, 0.3) is 0 Å². The lowest BCUT2D eigenvalue weighted by molar-refractivity contribution is -0.221. The number of ether oxygens (including phenoxy) is 2. The Balaban J connectivity index is 1.89. The van der Waals surface area contributed by atoms with E-state index < -0.39 is 24.3 Å². The Morgan fingerprint density at radius 1 is 1.45 bits per heavy atom. The van der Waals surface area contributed by atoms with E-state index in [2.05, 4.69) is 5.32 Å². The van der Waals surface area contributed by atoms with Crippen LogP contribution in [-0.2, 0) is 4.74 Å². The standard InChI is InChI=1S/C12H10F4N2O2/c13-9-3-7(4-17)1-2-10(9)19-6-8-5-18-11(20-8)12(14,15)16/h1-3,8,11,18H,5-6H2/t8-,11+/m0/s1. The van der Waals surface area contributed by atoms with Crippen molar-refractivity contribution in [3.8, 4) is 11.8 Å². The molecule has 1 N–H and O–H groups in total. The molecule has 0 unspecified atom stereocenters. The summed E-state index contributed by atoms with van der Waals surface area (Å²) in [6.07, 6.45) is -7.34. The topological polar surface area (TPSA) is 54.3 Å². The van der Waals surface area contributed by atoms with Crippen LogP contribution in [0.1, 0.15) is 5.56 Å². The third kappa shape index (κ3) is 3.37. The number of alkyl halides is 3. The molecule has 1 fully saturated rings. The summed E-state index contributed by atoms with van der Waals surface area (Å²) in [5, 5.41) is 10.7. The first-order valence-corrected chi connectivity index (χ1v) is 5.68. The molecule has 0 aliphatic carbocycles. The van der Waals surface area contributed by atoms with E-state index >= 15 is 0 Å². The Morgan fingerprint density at radius 3 is 2.75 bits per heavy atom. The number of rotatable bonds is 3. The third-order valence-corrected chi connectivity index (χ3v) is 2.64. The molecule has 1 aliphatic rings. The molecule has 1 heterocycles. The summed E-state index contributed by atoms with van der Waals surface area (Å²) in [5.41, 5.74) is 0.130. The Bertz CT molecular complexity index is 527. The van der Waals surface area contributed by atoms with Gasteiger partial charge in [0.1, 0.15) is 12.7 Å². The molecule has 0 bridgehead atoms. The molecule has 0 saturated carbocycles. The van der Waals surface area contributed by atoms with Crippen molar-refractivity contribution in [2.45, 2.75) is 18.5 Å². The number of benzene rings is 1. The van der Waals surface area contributed by atoms with Crippen LogP contribution < -0.4 is 10.1 Å². The zero-order chi connectivity index (χ0) is 14.8. The SMILES string of the molecule is N#Cc1ccc(OC[C@@H]2CN[C@@H](C(F)(F)F)O2)c(F)c1. The fraction of sp³-hybridized carbons (Fsp3) is 0.417. The van der Waals surface area contributed by atoms with E-state index in [1.54, 1.807) is 6.07 Å². The average Bonchev–Trinajstić information content (AvgIpc) is 2.86. The molecule has 2 rings (SSSR count). The number of nitrogens with one attached hydrogen (secondary N) is 1. The van der Waals surface area contributed by atoms with Crippen molar-refractivity contribution >= 4 is 0 Å². The summed E-state index contributed by atoms with van der Waals surface area (Å²) < 4.78 is 60.2. The first kappa shape index (κ1) is 14.6. The average molecular weight is 290 g/mol. The van der Waals surface area contributed by atoms with E-state index in [-0.39, 0.29) is 24.5 Å². The minimum Gasteiger partial charge on any atom is -0.488 e. The van der Waals surface area contributed by atoms with E-state index in [4.69, 9.17) is 14.7 Å². The molecule has 2 atom stereocenters. The molecule has 1 aliphatic heterocycles. The Labute approximate surface area is 111 Å². The van der Waals surface area contributed by atoms with Gasteiger partial charge in [-0.1, -0.05) is 0 Å². The molecule has 20 heavy (non-hydrogen) atoms. The lowest BCUT2D eigenvalue weighted by Gasteiger charge is -2.16. The summed E-state index contributed by atoms with van der Waals surface area (Å²) >= 11 is 0. The fourth-order valence-corrected chi connectivity index (χ4v) is 1.69. The van der Waals surface area contributed by atoms with Gasteiger partial charge < -0.3 is 9.47 Å². The van der Waals surface area contributed by atoms with Gasteiger partial charge in [-0.15, -0.1) is 0 Å². The molecule has 0 aromatic heterocycles. The number of hydrogen-bond donors (Lipinski definition) is 1. The Hall–Kier alpha value is -1.85. The smallest absolute Gasteiger partial charge is 0.428 e. The highest BCUT2D eigenvalue weighted by atomic mass is 19.4. The van der Waals surface area contributed by atoms with E-state index in [1.165, 1.54) is 12.1 Å². The van der Waals surface area contributed by atoms with Crippen molar-refractivity contribution < 1.29 is 27.0 Å². The van der Waals surface area contributed by atoms with Gasteiger partial charge in [0.2, 0.25) is 6.23 Å². The summed E-state index contributed by atoms with van der Waals surface area (Å²) in [4.78, 5) is 0. The number of hydrogen-bond acceptors (Lipinski definition) is 4. The largest absolute Gasteiger partial charge is 0.488 e. The molecule has 1 saturated heterocycles. The van der Waals surface area contributed by atoms with Crippen molar-refractivity contribution in [2.75, 3.05) is 13.2 Å². The zero-order valence-electron chi connectivity index (χ0n) is 10.1. The molecule has 0 spiro atoms. The van der Waals surface area contributed by atoms with Gasteiger partial charge in [0.15, 0.2) is 11.6 Å². The van der Waals surface area contributed by atoms with Crippen LogP contribution in [0, 0.1) is 17.1 Å². The van der Waals surface area contributed by atoms with Crippen LogP contribution in [0.15, 0.2) is 18.2 Å². The lowest BCUT2D eigenvalue weighted by Crippen LogP contribution is -2.38. The van der Waals surface area contributed by atoms with Gasteiger partial charge in [-0.25, -0.2) is 4.39 Å². The zero-order valence-corrected chi connectivity index (χ0v) is 10.1. The van der Waals surface area contributed by atoms with E-state index in [1.807, 2.05) is 0 Å². The first-order valence-electron chi connectivity index (χ1n) is 5.68. The molecular weight excluding hydrogens is 280 g/mol. The van der Waals surface area contributed by atoms with Crippen molar-refractivity contribution in [3.05, 3.63) is 29.6 Å². The minimum absolute atomic E-state index is 0.0396. The van der Waals surface area contributed by atoms with Crippen LogP contribution in [0.4, 0.5) is 17.6 Å². The lowest BCUT2D eigenvalue weighted by atomic mass is 10.2. The van der Waals surface area contributed by atoms with Crippen molar-refractivity contribution in [3.63, 3.8) is 0 Å². The molecule has 108 valence electrons. The summed E-state index contributed by atoms with van der Waals surface area (Å²) in [7, 11) is 0. The molecule has 0 radical (unpaired) electrons. The van der Waals surface area contributed by atoms with Crippen LogP contribution in [0.25, 0.3) is 0 Å². The second-order valence-electron chi connectivity index (χ2n) is 4.16. The minimum atomic E-state index is -4.49. The highest BCUT2D eigenvalue weighted by molar-refractivity contribution is 5.35. The normalized spacial score (nSPS) is 22.6. The van der Waals surface area contributed by atoms with Crippen LogP contribution in [0.3, 0.4) is 0 Å². The molecule has 4 nitrogen and oxygen atoms in total. The van der Waals surface area contributed by atoms with Crippen molar-refractivity contribution in [1.29, 1.82) is 5.26 Å². The molecule has 1 aromatic carbocycles. The Morgan fingerprint density at radius 2 is 2.20 bits per heavy atom. The maximum atomic E-state index is 13.5. The molecule has 0 amide bonds. The van der Waals surface area contributed by atoms with E-state index in [0.717, 1.165) is 6.07 Å². The first-order chi connectivity index (χ1) is 9.40. The highest BCUT2D eigenvalue weighted by Gasteiger charge is 2.45. The van der Waals surface area contributed by atoms with Gasteiger partial charge in [-0.3, -0.25) is 5.32 Å². The van der Waals surface area contributed by atoms with E-state index in [0.29, 0.717) is 0 Å². The maximum Gasteiger partial charge on any atom is 0.428 e. The summed E-state index contributed by atoms with van der Waals surface area (Å²) in [5.74, 6) is -0.884. The third-order valence-electron chi connectivity index (χ3n) is 2.64. The number of nitriles is 1. The van der Waals surface area contributed by atoms with Gasteiger partial charge in [-0.2, -0.15) is 18.4 Å². The van der Waals surface area contributed by atoms with Gasteiger partial charge in [0, 0.05) is 6.54 Å². The van der Waals surface area contributed by atoms with Crippen LogP contribution in [0.2, 0.25) is 0 Å². The summed E-state index contributed by atoms with van der Waals surface area (Å²) in [6, 6.07) is 5.35. The Kier molecular flexibility index (Phi) is 4.11. The maximum absolute atomic E-state index is 13.5. The van der Waals surface area contributed by atoms with Crippen LogP contribution in [-0.4, -0.2) is 31.7 Å². The van der Waals surface area contributed by atoms with Gasteiger partial charge >= 0.3 is 6.18 Å². The molecule has 8 heteroatoms. The van der Waals surface area contributed by atoms with E-state index in [9.17, 15) is 17.6 Å². The molecule has 1 aromatic rings. The number of halogens is 4. The van der Waals surface area contributed by atoms with Crippen molar-refractivity contribution in [2.24, 2.45) is 0 Å². The second kappa shape index (κ2) is 5.64. The van der Waals surface area contributed by atoms with Crippen molar-refractivity contribution in [1.82, 2.24) is 5.32 Å². The number of nitrogens with zero attached hydrogens (tertiary/aromatic N) is 1. The van der Waals surface area contributed by atoms with Gasteiger partial charge in [0.05, 0.1) is 11.6 Å². The van der Waals surface area contributed by atoms with Crippen LogP contribution >= 0.6 is 0 Å². The predicted molar refractivity (Wildman–Crippen MR) is 59.3 cm³/mol. The second-order valence-corrected chi connectivity index (χ2v) is 4.16. The van der Waals surface area contributed by atoms with Crippen LogP contribution in [0.5, 0.6) is 5.75 Å². The monoisotopic (exact) mass is 290 g/mol.